The number of methoxy groups -OCH3 is 1. The van der Waals surface area contributed by atoms with E-state index in [4.69, 9.17) is 18.9 Å². The molecule has 2 aromatic heterocycles. The van der Waals surface area contributed by atoms with Crippen LogP contribution in [0.15, 0.2) is 46.2 Å². The number of thiazole rings is 1. The predicted octanol–water partition coefficient (Wildman–Crippen LogP) is 4.97. The van der Waals surface area contributed by atoms with Crippen LogP contribution in [0.4, 0.5) is 0 Å². The lowest BCUT2D eigenvalue weighted by Gasteiger charge is -2.21. The third kappa shape index (κ3) is 6.18. The molecule has 1 aliphatic heterocycles. The van der Waals surface area contributed by atoms with E-state index in [9.17, 15) is 4.79 Å². The molecular formula is C26H33N3O4S. The SMILES string of the molecule is COc1ccc(OCc2ccc(C(=O)N3CCCN(Cc4csc(C(C)(C)C)n4)CC3)o2)cc1. The van der Waals surface area contributed by atoms with Crippen LogP contribution in [0.5, 0.6) is 11.5 Å². The fourth-order valence-electron chi connectivity index (χ4n) is 3.84. The minimum atomic E-state index is -0.0683. The maximum atomic E-state index is 13.0. The van der Waals surface area contributed by atoms with Gasteiger partial charge >= 0.3 is 0 Å². The summed E-state index contributed by atoms with van der Waals surface area (Å²) in [5.41, 5.74) is 1.19. The molecular weight excluding hydrogens is 450 g/mol. The van der Waals surface area contributed by atoms with E-state index in [0.717, 1.165) is 44.0 Å². The molecule has 7 nitrogen and oxygen atoms in total. The van der Waals surface area contributed by atoms with E-state index in [2.05, 4.69) is 31.1 Å². The van der Waals surface area contributed by atoms with Crippen molar-refractivity contribution in [3.8, 4) is 11.5 Å². The molecule has 1 aromatic carbocycles. The van der Waals surface area contributed by atoms with Crippen LogP contribution in [0, 0.1) is 0 Å². The maximum Gasteiger partial charge on any atom is 0.289 e. The first-order chi connectivity index (χ1) is 16.3. The van der Waals surface area contributed by atoms with Crippen molar-refractivity contribution in [2.45, 2.75) is 45.8 Å². The number of nitrogens with zero attached hydrogens (tertiary/aromatic N) is 3. The van der Waals surface area contributed by atoms with Gasteiger partial charge in [-0.1, -0.05) is 20.8 Å². The van der Waals surface area contributed by atoms with Gasteiger partial charge in [-0.05, 0) is 42.8 Å². The number of benzene rings is 1. The van der Waals surface area contributed by atoms with Gasteiger partial charge in [-0.15, -0.1) is 11.3 Å². The molecule has 4 rings (SSSR count). The van der Waals surface area contributed by atoms with E-state index in [1.807, 2.05) is 29.2 Å². The lowest BCUT2D eigenvalue weighted by molar-refractivity contribution is 0.0725. The van der Waals surface area contributed by atoms with Crippen molar-refractivity contribution in [3.05, 3.63) is 64.0 Å². The number of hydrogen-bond donors (Lipinski definition) is 0. The number of amides is 1. The van der Waals surface area contributed by atoms with Gasteiger partial charge in [0.05, 0.1) is 17.8 Å². The summed E-state index contributed by atoms with van der Waals surface area (Å²) >= 11 is 1.73. The Kier molecular flexibility index (Phi) is 7.58. The Morgan fingerprint density at radius 1 is 1.06 bits per heavy atom. The van der Waals surface area contributed by atoms with Crippen molar-refractivity contribution in [2.75, 3.05) is 33.3 Å². The van der Waals surface area contributed by atoms with Gasteiger partial charge in [0.1, 0.15) is 23.9 Å². The fourth-order valence-corrected chi connectivity index (χ4v) is 4.74. The second-order valence-corrected chi connectivity index (χ2v) is 10.4. The number of aromatic nitrogens is 1. The van der Waals surface area contributed by atoms with Gasteiger partial charge in [0.15, 0.2) is 5.76 Å². The maximum absolute atomic E-state index is 13.0. The molecule has 1 amide bonds. The molecule has 1 saturated heterocycles. The molecule has 0 saturated carbocycles. The third-order valence-electron chi connectivity index (χ3n) is 5.77. The monoisotopic (exact) mass is 483 g/mol. The van der Waals surface area contributed by atoms with Crippen molar-refractivity contribution in [1.29, 1.82) is 0 Å². The molecule has 8 heteroatoms. The van der Waals surface area contributed by atoms with Crippen LogP contribution in [0.1, 0.15) is 54.2 Å². The first kappa shape index (κ1) is 24.3. The highest BCUT2D eigenvalue weighted by atomic mass is 32.1. The first-order valence-corrected chi connectivity index (χ1v) is 12.5. The van der Waals surface area contributed by atoms with E-state index in [0.29, 0.717) is 23.8 Å². The summed E-state index contributed by atoms with van der Waals surface area (Å²) in [7, 11) is 1.63. The van der Waals surface area contributed by atoms with Gasteiger partial charge in [-0.3, -0.25) is 9.69 Å². The summed E-state index contributed by atoms with van der Waals surface area (Å²) < 4.78 is 16.7. The Hall–Kier alpha value is -2.84. The Morgan fingerprint density at radius 3 is 2.53 bits per heavy atom. The summed E-state index contributed by atoms with van der Waals surface area (Å²) in [6, 6.07) is 10.9. The Bertz CT molecular complexity index is 1080. The number of rotatable bonds is 7. The average molecular weight is 484 g/mol. The Morgan fingerprint density at radius 2 is 1.82 bits per heavy atom. The highest BCUT2D eigenvalue weighted by Gasteiger charge is 2.24. The number of ether oxygens (including phenoxy) is 2. The van der Waals surface area contributed by atoms with Gasteiger partial charge in [0.25, 0.3) is 5.91 Å². The van der Waals surface area contributed by atoms with E-state index in [1.165, 1.54) is 5.01 Å². The van der Waals surface area contributed by atoms with Crippen molar-refractivity contribution in [2.24, 2.45) is 0 Å². The summed E-state index contributed by atoms with van der Waals surface area (Å²) in [6.07, 6.45) is 0.927. The lowest BCUT2D eigenvalue weighted by atomic mass is 9.98. The highest BCUT2D eigenvalue weighted by molar-refractivity contribution is 7.09. The molecule has 34 heavy (non-hydrogen) atoms. The van der Waals surface area contributed by atoms with Crippen LogP contribution in [0.25, 0.3) is 0 Å². The second kappa shape index (κ2) is 10.6. The largest absolute Gasteiger partial charge is 0.497 e. The lowest BCUT2D eigenvalue weighted by Crippen LogP contribution is -2.35. The molecule has 0 radical (unpaired) electrons. The normalized spacial score (nSPS) is 15.2. The zero-order valence-electron chi connectivity index (χ0n) is 20.4. The molecule has 0 aliphatic carbocycles. The molecule has 0 bridgehead atoms. The molecule has 182 valence electrons. The highest BCUT2D eigenvalue weighted by Crippen LogP contribution is 2.26. The second-order valence-electron chi connectivity index (χ2n) is 9.55. The molecule has 1 fully saturated rings. The van der Waals surface area contributed by atoms with E-state index >= 15 is 0 Å². The quantitative estimate of drug-likeness (QED) is 0.473. The van der Waals surface area contributed by atoms with Gasteiger partial charge in [-0.25, -0.2) is 4.98 Å². The molecule has 0 unspecified atom stereocenters. The van der Waals surface area contributed by atoms with Crippen LogP contribution in [0.3, 0.4) is 0 Å². The van der Waals surface area contributed by atoms with Crippen LogP contribution in [-0.2, 0) is 18.6 Å². The summed E-state index contributed by atoms with van der Waals surface area (Å²) in [5, 5.41) is 3.32. The number of carbonyl (C=O) groups is 1. The van der Waals surface area contributed by atoms with E-state index in [-0.39, 0.29) is 17.9 Å². The predicted molar refractivity (Wildman–Crippen MR) is 133 cm³/mol. The third-order valence-corrected chi connectivity index (χ3v) is 7.08. The molecule has 1 aliphatic rings. The van der Waals surface area contributed by atoms with Crippen molar-refractivity contribution < 1.29 is 18.7 Å². The molecule has 0 spiro atoms. The van der Waals surface area contributed by atoms with E-state index in [1.54, 1.807) is 30.6 Å². The average Bonchev–Trinajstić information content (AvgIpc) is 3.43. The van der Waals surface area contributed by atoms with Gasteiger partial charge in [-0.2, -0.15) is 0 Å². The summed E-state index contributed by atoms with van der Waals surface area (Å²) in [5.74, 6) is 2.40. The number of carbonyl (C=O) groups excluding carboxylic acids is 1. The molecule has 0 N–H and O–H groups in total. The molecule has 0 atom stereocenters. The van der Waals surface area contributed by atoms with Gasteiger partial charge in [0, 0.05) is 43.5 Å². The zero-order chi connectivity index (χ0) is 24.1. The van der Waals surface area contributed by atoms with Crippen LogP contribution in [-0.4, -0.2) is 54.0 Å². The van der Waals surface area contributed by atoms with Crippen LogP contribution in [0.2, 0.25) is 0 Å². The topological polar surface area (TPSA) is 68.0 Å². The fraction of sp³-hybridized carbons (Fsp3) is 0.462. The van der Waals surface area contributed by atoms with Crippen molar-refractivity contribution in [1.82, 2.24) is 14.8 Å². The Labute approximate surface area is 205 Å². The molecule has 3 aromatic rings. The Balaban J connectivity index is 1.28. The minimum Gasteiger partial charge on any atom is -0.497 e. The van der Waals surface area contributed by atoms with Crippen LogP contribution >= 0.6 is 11.3 Å². The van der Waals surface area contributed by atoms with Gasteiger partial charge in [0.2, 0.25) is 0 Å². The van der Waals surface area contributed by atoms with Crippen molar-refractivity contribution >= 4 is 17.2 Å². The minimum absolute atomic E-state index is 0.0683. The first-order valence-electron chi connectivity index (χ1n) is 11.6. The number of hydrogen-bond acceptors (Lipinski definition) is 7. The van der Waals surface area contributed by atoms with Crippen LogP contribution < -0.4 is 9.47 Å². The standard InChI is InChI=1S/C26H33N3O4S/c1-26(2,3)25-27-19(18-34-25)16-28-12-5-13-29(15-14-28)24(30)23-11-10-22(33-23)17-32-21-8-6-20(31-4)7-9-21/h6-11,18H,5,12-17H2,1-4H3. The van der Waals surface area contributed by atoms with Crippen molar-refractivity contribution in [3.63, 3.8) is 0 Å². The smallest absolute Gasteiger partial charge is 0.289 e. The number of furan rings is 1. The van der Waals surface area contributed by atoms with Gasteiger partial charge < -0.3 is 18.8 Å². The summed E-state index contributed by atoms with van der Waals surface area (Å²) in [4.78, 5) is 22.1. The molecule has 3 heterocycles. The zero-order valence-corrected chi connectivity index (χ0v) is 21.2. The van der Waals surface area contributed by atoms with E-state index < -0.39 is 0 Å². The summed E-state index contributed by atoms with van der Waals surface area (Å²) in [6.45, 7) is 10.8.